The first-order chi connectivity index (χ1) is 12.5. The molecule has 4 rings (SSSR count). The molecule has 0 aliphatic carbocycles. The number of nitrogens with zero attached hydrogens (tertiary/aromatic N) is 3. The van der Waals surface area contributed by atoms with Gasteiger partial charge in [0, 0.05) is 38.1 Å². The number of carbonyl (C=O) groups excluding carboxylic acids is 1. The van der Waals surface area contributed by atoms with Crippen molar-refractivity contribution in [2.24, 2.45) is 5.92 Å². The van der Waals surface area contributed by atoms with Crippen LogP contribution in [0.25, 0.3) is 10.8 Å². The van der Waals surface area contributed by atoms with Gasteiger partial charge in [0.05, 0.1) is 29.4 Å². The van der Waals surface area contributed by atoms with Crippen molar-refractivity contribution in [2.45, 2.75) is 13.0 Å². The molecule has 26 heavy (non-hydrogen) atoms. The topological polar surface area (TPSA) is 83.7 Å². The molecule has 7 nitrogen and oxygen atoms in total. The number of rotatable bonds is 4. The molecule has 2 aliphatic rings. The van der Waals surface area contributed by atoms with Gasteiger partial charge >= 0.3 is 0 Å². The summed E-state index contributed by atoms with van der Waals surface area (Å²) in [7, 11) is -3.02. The van der Waals surface area contributed by atoms with E-state index in [9.17, 15) is 13.2 Å². The maximum atomic E-state index is 12.5. The Morgan fingerprint density at radius 2 is 2.12 bits per heavy atom. The highest BCUT2D eigenvalue weighted by Gasteiger charge is 2.36. The summed E-state index contributed by atoms with van der Waals surface area (Å²) in [4.78, 5) is 21.2. The second-order valence-electron chi connectivity index (χ2n) is 6.82. The molecule has 140 valence electrons. The van der Waals surface area contributed by atoms with Crippen LogP contribution < -0.4 is 0 Å². The zero-order valence-corrected chi connectivity index (χ0v) is 16.0. The molecule has 0 unspecified atom stereocenters. The fourth-order valence-electron chi connectivity index (χ4n) is 3.50. The first-order valence-electron chi connectivity index (χ1n) is 8.70. The fraction of sp³-hybridized carbons (Fsp3) is 0.529. The van der Waals surface area contributed by atoms with Crippen molar-refractivity contribution < 1.29 is 17.6 Å². The van der Waals surface area contributed by atoms with Crippen LogP contribution in [0.1, 0.15) is 12.1 Å². The molecule has 2 aromatic rings. The summed E-state index contributed by atoms with van der Waals surface area (Å²) in [5.41, 5.74) is 1.00. The number of aromatic nitrogens is 1. The molecular formula is C17H21N3O4S2. The minimum Gasteiger partial charge on any atom is -0.462 e. The van der Waals surface area contributed by atoms with Crippen LogP contribution >= 0.6 is 11.3 Å². The Morgan fingerprint density at radius 3 is 2.77 bits per heavy atom. The molecule has 2 aliphatic heterocycles. The number of hydrogen-bond acceptors (Lipinski definition) is 7. The largest absolute Gasteiger partial charge is 0.462 e. The quantitative estimate of drug-likeness (QED) is 0.780. The van der Waals surface area contributed by atoms with Crippen molar-refractivity contribution in [2.75, 3.05) is 37.7 Å². The highest BCUT2D eigenvalue weighted by molar-refractivity contribution is 7.91. The molecule has 2 saturated heterocycles. The monoisotopic (exact) mass is 395 g/mol. The second kappa shape index (κ2) is 7.13. The van der Waals surface area contributed by atoms with E-state index in [-0.39, 0.29) is 23.3 Å². The molecule has 0 N–H and O–H groups in total. The summed E-state index contributed by atoms with van der Waals surface area (Å²) < 4.78 is 28.5. The van der Waals surface area contributed by atoms with Gasteiger partial charge in [-0.15, -0.1) is 11.3 Å². The number of furan rings is 1. The molecule has 1 amide bonds. The number of thiazole rings is 1. The normalized spacial score (nSPS) is 23.4. The van der Waals surface area contributed by atoms with Gasteiger partial charge in [0.2, 0.25) is 5.91 Å². The predicted octanol–water partition coefficient (Wildman–Crippen LogP) is 1.48. The molecular weight excluding hydrogens is 374 g/mol. The van der Waals surface area contributed by atoms with Crippen LogP contribution in [-0.2, 0) is 21.2 Å². The highest BCUT2D eigenvalue weighted by atomic mass is 32.2. The van der Waals surface area contributed by atoms with Gasteiger partial charge < -0.3 is 9.32 Å². The van der Waals surface area contributed by atoms with Crippen LogP contribution in [-0.4, -0.2) is 66.8 Å². The van der Waals surface area contributed by atoms with Gasteiger partial charge in [-0.1, -0.05) is 0 Å². The summed E-state index contributed by atoms with van der Waals surface area (Å²) in [6, 6.07) is 3.75. The zero-order chi connectivity index (χ0) is 18.1. The maximum absolute atomic E-state index is 12.5. The number of hydrogen-bond donors (Lipinski definition) is 0. The summed E-state index contributed by atoms with van der Waals surface area (Å²) >= 11 is 1.56. The van der Waals surface area contributed by atoms with Crippen molar-refractivity contribution in [1.82, 2.24) is 14.8 Å². The summed E-state index contributed by atoms with van der Waals surface area (Å²) in [6.07, 6.45) is 2.11. The summed E-state index contributed by atoms with van der Waals surface area (Å²) in [5.74, 6) is 0.592. The predicted molar refractivity (Wildman–Crippen MR) is 98.4 cm³/mol. The van der Waals surface area contributed by atoms with E-state index in [1.165, 1.54) is 0 Å². The van der Waals surface area contributed by atoms with E-state index < -0.39 is 9.84 Å². The van der Waals surface area contributed by atoms with E-state index >= 15 is 0 Å². The third-order valence-electron chi connectivity index (χ3n) is 4.93. The van der Waals surface area contributed by atoms with Crippen LogP contribution in [0.3, 0.4) is 0 Å². The molecule has 0 radical (unpaired) electrons. The molecule has 1 atom stereocenters. The first kappa shape index (κ1) is 17.7. The van der Waals surface area contributed by atoms with Crippen LogP contribution in [0.15, 0.2) is 28.2 Å². The van der Waals surface area contributed by atoms with E-state index in [1.54, 1.807) is 17.6 Å². The lowest BCUT2D eigenvalue weighted by Gasteiger charge is -2.35. The van der Waals surface area contributed by atoms with Crippen molar-refractivity contribution >= 4 is 27.1 Å². The zero-order valence-electron chi connectivity index (χ0n) is 14.3. The van der Waals surface area contributed by atoms with Crippen molar-refractivity contribution in [3.63, 3.8) is 0 Å². The van der Waals surface area contributed by atoms with Gasteiger partial charge in [-0.3, -0.25) is 9.69 Å². The van der Waals surface area contributed by atoms with E-state index in [1.807, 2.05) is 22.4 Å². The standard InChI is InChI=1S/C17H21N3O4S2/c21-17(13-3-9-26(22,23)12-13)20-6-4-19(5-7-20)10-14-11-25-16(18-14)15-2-1-8-24-15/h1-2,8,11,13H,3-7,9-10,12H2/t13-/m0/s1. The Bertz CT molecular complexity index is 868. The van der Waals surface area contributed by atoms with Gasteiger partial charge in [-0.2, -0.15) is 0 Å². The summed E-state index contributed by atoms with van der Waals surface area (Å²) in [5, 5.41) is 2.92. The molecule has 2 fully saturated rings. The lowest BCUT2D eigenvalue weighted by atomic mass is 10.1. The minimum absolute atomic E-state index is 0.000473. The average molecular weight is 396 g/mol. The number of carbonyl (C=O) groups is 1. The highest BCUT2D eigenvalue weighted by Crippen LogP contribution is 2.25. The molecule has 0 spiro atoms. The van der Waals surface area contributed by atoms with Gasteiger partial charge in [0.25, 0.3) is 0 Å². The number of amides is 1. The van der Waals surface area contributed by atoms with Gasteiger partial charge in [-0.05, 0) is 18.6 Å². The van der Waals surface area contributed by atoms with Crippen LogP contribution in [0, 0.1) is 5.92 Å². The lowest BCUT2D eigenvalue weighted by molar-refractivity contribution is -0.136. The average Bonchev–Trinajstić information content (AvgIpc) is 3.35. The number of piperazine rings is 1. The molecule has 0 saturated carbocycles. The van der Waals surface area contributed by atoms with Crippen molar-refractivity contribution in [3.8, 4) is 10.8 Å². The van der Waals surface area contributed by atoms with Crippen molar-refractivity contribution in [3.05, 3.63) is 29.5 Å². The lowest BCUT2D eigenvalue weighted by Crippen LogP contribution is -2.50. The second-order valence-corrected chi connectivity index (χ2v) is 9.91. The Hall–Kier alpha value is -1.71. The third kappa shape index (κ3) is 3.84. The van der Waals surface area contributed by atoms with E-state index in [0.29, 0.717) is 19.5 Å². The van der Waals surface area contributed by atoms with E-state index in [2.05, 4.69) is 9.88 Å². The smallest absolute Gasteiger partial charge is 0.226 e. The van der Waals surface area contributed by atoms with Crippen molar-refractivity contribution in [1.29, 1.82) is 0 Å². The van der Waals surface area contributed by atoms with E-state index in [0.717, 1.165) is 36.1 Å². The Morgan fingerprint density at radius 1 is 1.31 bits per heavy atom. The SMILES string of the molecule is O=C([C@H]1CCS(=O)(=O)C1)N1CCN(Cc2csc(-c3ccco3)n2)CC1. The maximum Gasteiger partial charge on any atom is 0.226 e. The van der Waals surface area contributed by atoms with E-state index in [4.69, 9.17) is 4.42 Å². The molecule has 0 aromatic carbocycles. The number of sulfone groups is 1. The van der Waals surface area contributed by atoms with Gasteiger partial charge in [0.1, 0.15) is 0 Å². The van der Waals surface area contributed by atoms with Crippen LogP contribution in [0.4, 0.5) is 0 Å². The fourth-order valence-corrected chi connectivity index (χ4v) is 6.01. The van der Waals surface area contributed by atoms with Crippen LogP contribution in [0.5, 0.6) is 0 Å². The Balaban J connectivity index is 1.29. The molecule has 4 heterocycles. The Kier molecular flexibility index (Phi) is 4.85. The Labute approximate surface area is 156 Å². The first-order valence-corrected chi connectivity index (χ1v) is 11.4. The molecule has 0 bridgehead atoms. The molecule has 9 heteroatoms. The van der Waals surface area contributed by atoms with Crippen LogP contribution in [0.2, 0.25) is 0 Å². The van der Waals surface area contributed by atoms with Gasteiger partial charge in [0.15, 0.2) is 20.6 Å². The van der Waals surface area contributed by atoms with Gasteiger partial charge in [-0.25, -0.2) is 13.4 Å². The minimum atomic E-state index is -3.02. The molecule has 2 aromatic heterocycles. The summed E-state index contributed by atoms with van der Waals surface area (Å²) in [6.45, 7) is 3.59. The third-order valence-corrected chi connectivity index (χ3v) is 7.61.